The van der Waals surface area contributed by atoms with E-state index in [1.54, 1.807) is 6.07 Å². The minimum atomic E-state index is -4.41. The Labute approximate surface area is 150 Å². The highest BCUT2D eigenvalue weighted by Gasteiger charge is 2.30. The maximum Gasteiger partial charge on any atom is 0.416 e. The monoisotopic (exact) mass is 373 g/mol. The third kappa shape index (κ3) is 3.43. The lowest BCUT2D eigenvalue weighted by Crippen LogP contribution is -2.04. The lowest BCUT2D eigenvalue weighted by molar-refractivity contribution is -0.137. The van der Waals surface area contributed by atoms with Crippen molar-refractivity contribution in [3.8, 4) is 11.4 Å². The van der Waals surface area contributed by atoms with E-state index < -0.39 is 17.6 Å². The van der Waals surface area contributed by atoms with E-state index in [2.05, 4.69) is 25.3 Å². The van der Waals surface area contributed by atoms with Gasteiger partial charge in [0.05, 0.1) is 22.3 Å². The lowest BCUT2D eigenvalue weighted by Gasteiger charge is -2.06. The molecule has 0 radical (unpaired) electrons. The molecular formula is C18H11F4N5. The Hall–Kier alpha value is -3.49. The number of nitrogens with one attached hydrogen (secondary N) is 2. The predicted octanol–water partition coefficient (Wildman–Crippen LogP) is 4.92. The van der Waals surface area contributed by atoms with Crippen molar-refractivity contribution < 1.29 is 17.6 Å². The highest BCUT2D eigenvalue weighted by Crippen LogP contribution is 2.31. The van der Waals surface area contributed by atoms with Gasteiger partial charge >= 0.3 is 6.18 Å². The van der Waals surface area contributed by atoms with Gasteiger partial charge in [0.1, 0.15) is 11.6 Å². The summed E-state index contributed by atoms with van der Waals surface area (Å²) in [5.74, 6) is 0.0260. The Balaban J connectivity index is 1.68. The van der Waals surface area contributed by atoms with Crippen LogP contribution in [0.25, 0.3) is 22.4 Å². The highest BCUT2D eigenvalue weighted by molar-refractivity contribution is 5.83. The fourth-order valence-corrected chi connectivity index (χ4v) is 2.56. The van der Waals surface area contributed by atoms with Crippen LogP contribution in [0.3, 0.4) is 0 Å². The number of rotatable bonds is 3. The van der Waals surface area contributed by atoms with Gasteiger partial charge in [-0.3, -0.25) is 0 Å². The summed E-state index contributed by atoms with van der Waals surface area (Å²) in [6.45, 7) is 0. The number of fused-ring (bicyclic) bond motifs is 1. The van der Waals surface area contributed by atoms with Crippen LogP contribution in [0.15, 0.2) is 54.9 Å². The van der Waals surface area contributed by atoms with Crippen LogP contribution in [0.2, 0.25) is 0 Å². The van der Waals surface area contributed by atoms with Gasteiger partial charge < -0.3 is 10.3 Å². The molecule has 0 atom stereocenters. The van der Waals surface area contributed by atoms with Crippen molar-refractivity contribution >= 4 is 22.7 Å². The standard InChI is InChI=1S/C18H11F4N5/c19-12-8-14-15(9-13(12)27-17-23-6-1-7-24-17)26-16(25-14)10-2-4-11(5-3-10)18(20,21)22/h1-9H,(H,25,26)(H,23,24,27). The number of anilines is 2. The van der Waals surface area contributed by atoms with Crippen LogP contribution in [0.4, 0.5) is 29.2 Å². The van der Waals surface area contributed by atoms with Gasteiger partial charge in [-0.1, -0.05) is 12.1 Å². The molecule has 5 nitrogen and oxygen atoms in total. The highest BCUT2D eigenvalue weighted by atomic mass is 19.4. The summed E-state index contributed by atoms with van der Waals surface area (Å²) in [5, 5.41) is 2.76. The van der Waals surface area contributed by atoms with E-state index in [4.69, 9.17) is 0 Å². The number of hydrogen-bond donors (Lipinski definition) is 2. The fraction of sp³-hybridized carbons (Fsp3) is 0.0556. The molecule has 0 unspecified atom stereocenters. The molecule has 0 amide bonds. The summed E-state index contributed by atoms with van der Waals surface area (Å²) in [4.78, 5) is 15.2. The Morgan fingerprint density at radius 3 is 2.33 bits per heavy atom. The molecule has 0 bridgehead atoms. The van der Waals surface area contributed by atoms with Gasteiger partial charge in [-0.05, 0) is 24.3 Å². The molecular weight excluding hydrogens is 362 g/mol. The summed E-state index contributed by atoms with van der Waals surface area (Å²) in [7, 11) is 0. The van der Waals surface area contributed by atoms with Gasteiger partial charge in [0.2, 0.25) is 5.95 Å². The number of benzene rings is 2. The van der Waals surface area contributed by atoms with Crippen molar-refractivity contribution in [1.29, 1.82) is 0 Å². The van der Waals surface area contributed by atoms with Crippen LogP contribution >= 0.6 is 0 Å². The van der Waals surface area contributed by atoms with Crippen molar-refractivity contribution in [1.82, 2.24) is 19.9 Å². The molecule has 2 aromatic carbocycles. The van der Waals surface area contributed by atoms with E-state index >= 15 is 0 Å². The van der Waals surface area contributed by atoms with Crippen molar-refractivity contribution in [2.24, 2.45) is 0 Å². The second-order valence-electron chi connectivity index (χ2n) is 5.71. The first kappa shape index (κ1) is 17.0. The maximum absolute atomic E-state index is 14.3. The van der Waals surface area contributed by atoms with Crippen molar-refractivity contribution in [2.75, 3.05) is 5.32 Å². The number of hydrogen-bond acceptors (Lipinski definition) is 4. The van der Waals surface area contributed by atoms with Crippen molar-refractivity contribution in [3.05, 3.63) is 66.2 Å². The predicted molar refractivity (Wildman–Crippen MR) is 91.8 cm³/mol. The van der Waals surface area contributed by atoms with Crippen LogP contribution in [-0.4, -0.2) is 19.9 Å². The first-order chi connectivity index (χ1) is 12.9. The Morgan fingerprint density at radius 1 is 0.963 bits per heavy atom. The average molecular weight is 373 g/mol. The summed E-state index contributed by atoms with van der Waals surface area (Å²) < 4.78 is 52.3. The molecule has 136 valence electrons. The number of imidazole rings is 1. The third-order valence-corrected chi connectivity index (χ3v) is 3.87. The summed E-state index contributed by atoms with van der Waals surface area (Å²) in [5.41, 5.74) is 0.717. The van der Waals surface area contributed by atoms with E-state index in [9.17, 15) is 17.6 Å². The molecule has 2 N–H and O–H groups in total. The zero-order valence-electron chi connectivity index (χ0n) is 13.5. The molecule has 0 aliphatic rings. The second kappa shape index (κ2) is 6.35. The minimum absolute atomic E-state index is 0.138. The summed E-state index contributed by atoms with van der Waals surface area (Å²) >= 11 is 0. The number of alkyl halides is 3. The number of H-pyrrole nitrogens is 1. The van der Waals surface area contributed by atoms with Crippen molar-refractivity contribution in [3.63, 3.8) is 0 Å². The Bertz CT molecular complexity index is 1090. The van der Waals surface area contributed by atoms with E-state index in [1.165, 1.54) is 36.7 Å². The van der Waals surface area contributed by atoms with Crippen LogP contribution in [0.5, 0.6) is 0 Å². The van der Waals surface area contributed by atoms with Gasteiger partial charge in [-0.15, -0.1) is 0 Å². The Kier molecular flexibility index (Phi) is 3.98. The third-order valence-electron chi connectivity index (χ3n) is 3.87. The number of halogens is 4. The molecule has 0 aliphatic carbocycles. The fourth-order valence-electron chi connectivity index (χ4n) is 2.56. The van der Waals surface area contributed by atoms with Gasteiger partial charge in [-0.25, -0.2) is 19.3 Å². The zero-order valence-corrected chi connectivity index (χ0v) is 13.5. The van der Waals surface area contributed by atoms with Crippen LogP contribution in [0.1, 0.15) is 5.56 Å². The molecule has 0 saturated heterocycles. The second-order valence-corrected chi connectivity index (χ2v) is 5.71. The molecule has 0 fully saturated rings. The molecule has 2 heterocycles. The molecule has 27 heavy (non-hydrogen) atoms. The number of nitrogens with zero attached hydrogens (tertiary/aromatic N) is 3. The first-order valence-electron chi connectivity index (χ1n) is 7.81. The maximum atomic E-state index is 14.3. The summed E-state index contributed by atoms with van der Waals surface area (Å²) in [6, 6.07) is 8.94. The van der Waals surface area contributed by atoms with Gasteiger partial charge in [0, 0.05) is 24.0 Å². The van der Waals surface area contributed by atoms with Gasteiger partial charge in [0.15, 0.2) is 0 Å². The normalized spacial score (nSPS) is 11.7. The zero-order chi connectivity index (χ0) is 19.0. The van der Waals surface area contributed by atoms with E-state index in [0.717, 1.165) is 12.1 Å². The quantitative estimate of drug-likeness (QED) is 0.500. The first-order valence-corrected chi connectivity index (χ1v) is 7.81. The van der Waals surface area contributed by atoms with Crippen LogP contribution < -0.4 is 5.32 Å². The lowest BCUT2D eigenvalue weighted by atomic mass is 10.1. The molecule has 0 saturated carbocycles. The van der Waals surface area contributed by atoms with Crippen LogP contribution in [0, 0.1) is 5.82 Å². The summed E-state index contributed by atoms with van der Waals surface area (Å²) in [6.07, 6.45) is -1.37. The average Bonchev–Trinajstić information content (AvgIpc) is 3.05. The SMILES string of the molecule is Fc1cc2[nH]c(-c3ccc(C(F)(F)F)cc3)nc2cc1Nc1ncccn1. The molecule has 4 rings (SSSR count). The van der Waals surface area contributed by atoms with E-state index in [0.29, 0.717) is 22.4 Å². The number of aromatic nitrogens is 4. The topological polar surface area (TPSA) is 66.5 Å². The largest absolute Gasteiger partial charge is 0.416 e. The van der Waals surface area contributed by atoms with Crippen LogP contribution in [-0.2, 0) is 6.18 Å². The van der Waals surface area contributed by atoms with Crippen molar-refractivity contribution in [2.45, 2.75) is 6.18 Å². The minimum Gasteiger partial charge on any atom is -0.338 e. The van der Waals surface area contributed by atoms with Gasteiger partial charge in [-0.2, -0.15) is 13.2 Å². The molecule has 9 heteroatoms. The molecule has 0 spiro atoms. The van der Waals surface area contributed by atoms with Gasteiger partial charge in [0.25, 0.3) is 0 Å². The molecule has 4 aromatic rings. The van der Waals surface area contributed by atoms with E-state index in [1.807, 2.05) is 0 Å². The molecule has 0 aliphatic heterocycles. The number of aromatic amines is 1. The van der Waals surface area contributed by atoms with E-state index in [-0.39, 0.29) is 11.6 Å². The molecule has 2 aromatic heterocycles. The Morgan fingerprint density at radius 2 is 1.67 bits per heavy atom. The smallest absolute Gasteiger partial charge is 0.338 e.